The van der Waals surface area contributed by atoms with Crippen molar-refractivity contribution in [3.05, 3.63) is 0 Å². The van der Waals surface area contributed by atoms with Gasteiger partial charge in [0.2, 0.25) is 5.91 Å². The van der Waals surface area contributed by atoms with Crippen molar-refractivity contribution in [2.75, 3.05) is 38.3 Å². The lowest BCUT2D eigenvalue weighted by molar-refractivity contribution is -0.132. The van der Waals surface area contributed by atoms with Gasteiger partial charge in [-0.1, -0.05) is 6.92 Å². The fourth-order valence-corrected chi connectivity index (χ4v) is 3.14. The molecule has 0 aliphatic carbocycles. The van der Waals surface area contributed by atoms with Crippen LogP contribution >= 0.6 is 12.4 Å². The Kier molecular flexibility index (Phi) is 8.65. The van der Waals surface area contributed by atoms with Crippen molar-refractivity contribution in [2.24, 2.45) is 0 Å². The molecule has 1 rings (SSSR count). The molecule has 8 heteroatoms. The van der Waals surface area contributed by atoms with E-state index in [-0.39, 0.29) is 41.9 Å². The van der Waals surface area contributed by atoms with Crippen molar-refractivity contribution < 1.29 is 17.9 Å². The van der Waals surface area contributed by atoms with Crippen molar-refractivity contribution in [1.82, 2.24) is 10.2 Å². The first-order valence-electron chi connectivity index (χ1n) is 6.63. The van der Waals surface area contributed by atoms with E-state index in [4.69, 9.17) is 4.74 Å². The summed E-state index contributed by atoms with van der Waals surface area (Å²) in [5, 5.41) is 3.21. The Morgan fingerprint density at radius 3 is 2.65 bits per heavy atom. The zero-order valence-electron chi connectivity index (χ0n) is 12.3. The highest BCUT2D eigenvalue weighted by atomic mass is 35.5. The predicted octanol–water partition coefficient (Wildman–Crippen LogP) is 0.0683. The van der Waals surface area contributed by atoms with Gasteiger partial charge in [-0.25, -0.2) is 8.42 Å². The third-order valence-corrected chi connectivity index (χ3v) is 5.28. The highest BCUT2D eigenvalue weighted by Crippen LogP contribution is 2.07. The molecule has 1 aliphatic heterocycles. The van der Waals surface area contributed by atoms with Crippen molar-refractivity contribution >= 4 is 28.2 Å². The molecule has 6 nitrogen and oxygen atoms in total. The Bertz CT molecular complexity index is 396. The minimum atomic E-state index is -3.06. The molecule has 120 valence electrons. The number of amides is 1. The van der Waals surface area contributed by atoms with Crippen molar-refractivity contribution in [2.45, 2.75) is 32.4 Å². The quantitative estimate of drug-likeness (QED) is 0.746. The van der Waals surface area contributed by atoms with Crippen LogP contribution in [0, 0.1) is 0 Å². The molecular formula is C12H25ClN2O4S. The van der Waals surface area contributed by atoms with Gasteiger partial charge < -0.3 is 15.0 Å². The summed E-state index contributed by atoms with van der Waals surface area (Å²) in [5.74, 6) is 0.0689. The highest BCUT2D eigenvalue weighted by molar-refractivity contribution is 7.91. The van der Waals surface area contributed by atoms with E-state index in [1.165, 1.54) is 4.90 Å². The number of hydrogen-bond donors (Lipinski definition) is 1. The number of hydrogen-bond acceptors (Lipinski definition) is 5. The second-order valence-electron chi connectivity index (χ2n) is 4.98. The first-order valence-corrected chi connectivity index (χ1v) is 8.45. The van der Waals surface area contributed by atoms with Crippen LogP contribution in [0.3, 0.4) is 0 Å². The Morgan fingerprint density at radius 1 is 1.50 bits per heavy atom. The normalized spacial score (nSPS) is 20.9. The summed E-state index contributed by atoms with van der Waals surface area (Å²) in [6, 6.07) is -0.277. The van der Waals surface area contributed by atoms with Crippen LogP contribution in [-0.2, 0) is 19.4 Å². The standard InChI is InChI=1S/C12H24N2O4S.ClH/c1-4-19(16,17)9-10(2)14(3)12(15)7-11-8-18-6-5-13-11;/h10-11,13H,4-9H2,1-3H3;1H. The summed E-state index contributed by atoms with van der Waals surface area (Å²) in [5.41, 5.74) is 0. The van der Waals surface area contributed by atoms with E-state index in [1.54, 1.807) is 20.9 Å². The molecule has 1 heterocycles. The third kappa shape index (κ3) is 6.39. The monoisotopic (exact) mass is 328 g/mol. The number of halogens is 1. The molecule has 1 amide bonds. The molecule has 20 heavy (non-hydrogen) atoms. The predicted molar refractivity (Wildman–Crippen MR) is 81.0 cm³/mol. The van der Waals surface area contributed by atoms with E-state index >= 15 is 0 Å². The van der Waals surface area contributed by atoms with Gasteiger partial charge in [0.25, 0.3) is 0 Å². The number of carbonyl (C=O) groups is 1. The van der Waals surface area contributed by atoms with E-state index in [0.717, 1.165) is 6.54 Å². The van der Waals surface area contributed by atoms with E-state index < -0.39 is 9.84 Å². The van der Waals surface area contributed by atoms with Gasteiger partial charge >= 0.3 is 0 Å². The lowest BCUT2D eigenvalue weighted by atomic mass is 10.1. The van der Waals surface area contributed by atoms with Crippen molar-refractivity contribution in [1.29, 1.82) is 0 Å². The van der Waals surface area contributed by atoms with Gasteiger partial charge in [0.15, 0.2) is 9.84 Å². The molecule has 1 aliphatic rings. The van der Waals surface area contributed by atoms with Gasteiger partial charge in [0.05, 0.1) is 19.0 Å². The van der Waals surface area contributed by atoms with E-state index in [0.29, 0.717) is 19.6 Å². The molecule has 2 unspecified atom stereocenters. The number of morpholine rings is 1. The fraction of sp³-hybridized carbons (Fsp3) is 0.917. The number of carbonyl (C=O) groups excluding carboxylic acids is 1. The van der Waals surface area contributed by atoms with Gasteiger partial charge in [0.1, 0.15) is 0 Å². The number of ether oxygens (including phenoxy) is 1. The first kappa shape index (κ1) is 19.6. The maximum atomic E-state index is 12.1. The van der Waals surface area contributed by atoms with Crippen LogP contribution in [0.1, 0.15) is 20.3 Å². The van der Waals surface area contributed by atoms with E-state index in [9.17, 15) is 13.2 Å². The van der Waals surface area contributed by atoms with Crippen LogP contribution < -0.4 is 5.32 Å². The zero-order chi connectivity index (χ0) is 14.5. The molecule has 0 aromatic carbocycles. The minimum absolute atomic E-state index is 0. The first-order chi connectivity index (χ1) is 8.85. The van der Waals surface area contributed by atoms with Crippen LogP contribution in [-0.4, -0.2) is 69.6 Å². The summed E-state index contributed by atoms with van der Waals surface area (Å²) in [7, 11) is -1.41. The average Bonchev–Trinajstić information content (AvgIpc) is 2.38. The van der Waals surface area contributed by atoms with Gasteiger partial charge in [-0.15, -0.1) is 12.4 Å². The Morgan fingerprint density at radius 2 is 2.15 bits per heavy atom. The maximum Gasteiger partial charge on any atom is 0.224 e. The average molecular weight is 329 g/mol. The molecule has 1 fully saturated rings. The smallest absolute Gasteiger partial charge is 0.224 e. The fourth-order valence-electron chi connectivity index (χ4n) is 1.95. The molecule has 0 radical (unpaired) electrons. The van der Waals surface area contributed by atoms with Crippen LogP contribution in [0.5, 0.6) is 0 Å². The van der Waals surface area contributed by atoms with Crippen molar-refractivity contribution in [3.8, 4) is 0 Å². The summed E-state index contributed by atoms with van der Waals surface area (Å²) >= 11 is 0. The highest BCUT2D eigenvalue weighted by Gasteiger charge is 2.24. The molecule has 0 bridgehead atoms. The maximum absolute atomic E-state index is 12.1. The van der Waals surface area contributed by atoms with Crippen molar-refractivity contribution in [3.63, 3.8) is 0 Å². The lowest BCUT2D eigenvalue weighted by Crippen LogP contribution is -2.47. The summed E-state index contributed by atoms with van der Waals surface area (Å²) in [6.07, 6.45) is 0.340. The second-order valence-corrected chi connectivity index (χ2v) is 7.38. The summed E-state index contributed by atoms with van der Waals surface area (Å²) < 4.78 is 28.4. The third-order valence-electron chi connectivity index (χ3n) is 3.41. The van der Waals surface area contributed by atoms with Crippen LogP contribution in [0.25, 0.3) is 0 Å². The molecule has 2 atom stereocenters. The molecule has 0 aromatic heterocycles. The van der Waals surface area contributed by atoms with E-state index in [1.807, 2.05) is 0 Å². The molecule has 0 aromatic rings. The van der Waals surface area contributed by atoms with Crippen LogP contribution in [0.2, 0.25) is 0 Å². The van der Waals surface area contributed by atoms with Crippen LogP contribution in [0.4, 0.5) is 0 Å². The Labute approximate surface area is 127 Å². The van der Waals surface area contributed by atoms with E-state index in [2.05, 4.69) is 5.32 Å². The molecule has 1 saturated heterocycles. The van der Waals surface area contributed by atoms with Gasteiger partial charge in [-0.3, -0.25) is 4.79 Å². The number of sulfone groups is 1. The molecular weight excluding hydrogens is 304 g/mol. The number of nitrogens with zero attached hydrogens (tertiary/aromatic N) is 1. The lowest BCUT2D eigenvalue weighted by Gasteiger charge is -2.28. The Hall–Kier alpha value is -0.370. The second kappa shape index (κ2) is 8.81. The van der Waals surface area contributed by atoms with Crippen LogP contribution in [0.15, 0.2) is 0 Å². The van der Waals surface area contributed by atoms with Gasteiger partial charge in [-0.2, -0.15) is 0 Å². The minimum Gasteiger partial charge on any atom is -0.378 e. The SMILES string of the molecule is CCS(=O)(=O)CC(C)N(C)C(=O)CC1COCCN1.Cl. The molecule has 0 spiro atoms. The summed E-state index contributed by atoms with van der Waals surface area (Å²) in [4.78, 5) is 13.6. The molecule has 1 N–H and O–H groups in total. The van der Waals surface area contributed by atoms with Gasteiger partial charge in [-0.05, 0) is 6.92 Å². The summed E-state index contributed by atoms with van der Waals surface area (Å²) in [6.45, 7) is 5.33. The van der Waals surface area contributed by atoms with Gasteiger partial charge in [0, 0.05) is 37.8 Å². The topological polar surface area (TPSA) is 75.7 Å². The number of nitrogens with one attached hydrogen (secondary N) is 1. The zero-order valence-corrected chi connectivity index (χ0v) is 13.9. The Balaban J connectivity index is 0.00000361. The number of rotatable bonds is 6. The molecule has 0 saturated carbocycles. The largest absolute Gasteiger partial charge is 0.378 e.